The Morgan fingerprint density at radius 3 is 2.67 bits per heavy atom. The second kappa shape index (κ2) is 6.50. The zero-order valence-electron chi connectivity index (χ0n) is 13.4. The van der Waals surface area contributed by atoms with Crippen LogP contribution < -0.4 is 5.32 Å². The Bertz CT molecular complexity index is 565. The van der Waals surface area contributed by atoms with Crippen molar-refractivity contribution in [1.82, 2.24) is 14.2 Å². The van der Waals surface area contributed by atoms with Gasteiger partial charge in [-0.3, -0.25) is 0 Å². The zero-order valence-corrected chi connectivity index (χ0v) is 14.2. The highest BCUT2D eigenvalue weighted by Gasteiger charge is 2.33. The van der Waals surface area contributed by atoms with Gasteiger partial charge in [0.25, 0.3) is 0 Å². The van der Waals surface area contributed by atoms with Gasteiger partial charge in [-0.05, 0) is 38.3 Å². The van der Waals surface area contributed by atoms with E-state index < -0.39 is 10.0 Å². The molecule has 0 amide bonds. The molecule has 0 aromatic carbocycles. The lowest BCUT2D eigenvalue weighted by atomic mass is 9.95. The molecule has 1 aliphatic rings. The van der Waals surface area contributed by atoms with E-state index in [4.69, 9.17) is 0 Å². The molecule has 6 heteroatoms. The molecule has 0 aliphatic carbocycles. The molecule has 2 heterocycles. The number of aromatic nitrogens is 1. The van der Waals surface area contributed by atoms with Crippen molar-refractivity contribution in [2.24, 2.45) is 13.0 Å². The maximum absolute atomic E-state index is 12.2. The summed E-state index contributed by atoms with van der Waals surface area (Å²) < 4.78 is 28.2. The normalized spacial score (nSPS) is 24.6. The van der Waals surface area contributed by atoms with Crippen molar-refractivity contribution in [2.45, 2.75) is 45.0 Å². The molecular formula is C15H27N3O2S. The number of nitrogens with one attached hydrogen (secondary N) is 1. The third-order valence-corrected chi connectivity index (χ3v) is 6.66. The molecular weight excluding hydrogens is 286 g/mol. The van der Waals surface area contributed by atoms with Gasteiger partial charge in [0.05, 0.1) is 5.25 Å². The lowest BCUT2D eigenvalue weighted by Crippen LogP contribution is -2.51. The summed E-state index contributed by atoms with van der Waals surface area (Å²) >= 11 is 0. The summed E-state index contributed by atoms with van der Waals surface area (Å²) in [4.78, 5) is 0. The zero-order chi connectivity index (χ0) is 15.6. The van der Waals surface area contributed by atoms with Gasteiger partial charge in [-0.15, -0.1) is 0 Å². The molecule has 1 saturated heterocycles. The molecule has 120 valence electrons. The highest BCUT2D eigenvalue weighted by molar-refractivity contribution is 7.89. The van der Waals surface area contributed by atoms with Crippen LogP contribution in [0.2, 0.25) is 0 Å². The Kier molecular flexibility index (Phi) is 5.11. The van der Waals surface area contributed by atoms with Gasteiger partial charge >= 0.3 is 0 Å². The van der Waals surface area contributed by atoms with E-state index in [9.17, 15) is 8.42 Å². The lowest BCUT2D eigenvalue weighted by molar-refractivity contribution is 0.217. The first-order valence-corrected chi connectivity index (χ1v) is 9.15. The van der Waals surface area contributed by atoms with Gasteiger partial charge in [-0.2, -0.15) is 0 Å². The van der Waals surface area contributed by atoms with Crippen molar-refractivity contribution in [1.29, 1.82) is 0 Å². The fourth-order valence-electron chi connectivity index (χ4n) is 2.86. The number of rotatable bonds is 5. The third kappa shape index (κ3) is 3.67. The molecule has 0 spiro atoms. The molecule has 1 fully saturated rings. The third-order valence-electron chi connectivity index (χ3n) is 4.42. The van der Waals surface area contributed by atoms with Crippen LogP contribution in [-0.4, -0.2) is 41.7 Å². The quantitative estimate of drug-likeness (QED) is 0.897. The van der Waals surface area contributed by atoms with Crippen LogP contribution in [0.25, 0.3) is 0 Å². The number of hydrogen-bond acceptors (Lipinski definition) is 3. The average Bonchev–Trinajstić information content (AvgIpc) is 2.82. The second-order valence-corrected chi connectivity index (χ2v) is 8.80. The number of aryl methyl sites for hydroxylation is 1. The molecule has 0 bridgehead atoms. The minimum atomic E-state index is -3.12. The van der Waals surface area contributed by atoms with Crippen LogP contribution in [0, 0.1) is 5.92 Å². The van der Waals surface area contributed by atoms with Crippen LogP contribution in [-0.2, 0) is 23.6 Å². The first-order chi connectivity index (χ1) is 9.82. The predicted octanol–water partition coefficient (Wildman–Crippen LogP) is 1.56. The Labute approximate surface area is 128 Å². The summed E-state index contributed by atoms with van der Waals surface area (Å²) in [7, 11) is -1.08. The van der Waals surface area contributed by atoms with E-state index in [0.717, 1.165) is 13.0 Å². The van der Waals surface area contributed by atoms with E-state index in [1.807, 2.05) is 19.3 Å². The molecule has 0 saturated carbocycles. The first-order valence-electron chi connectivity index (χ1n) is 7.65. The first kappa shape index (κ1) is 16.5. The molecule has 1 aromatic rings. The molecule has 2 atom stereocenters. The van der Waals surface area contributed by atoms with Crippen LogP contribution in [0.1, 0.15) is 32.9 Å². The summed E-state index contributed by atoms with van der Waals surface area (Å²) in [5.74, 6) is 0.326. The number of nitrogens with zero attached hydrogens (tertiary/aromatic N) is 2. The van der Waals surface area contributed by atoms with Crippen molar-refractivity contribution >= 4 is 10.0 Å². The Morgan fingerprint density at radius 2 is 2.14 bits per heavy atom. The molecule has 21 heavy (non-hydrogen) atoms. The van der Waals surface area contributed by atoms with Crippen LogP contribution in [0.5, 0.6) is 0 Å². The van der Waals surface area contributed by atoms with Crippen LogP contribution in [0.4, 0.5) is 0 Å². The molecule has 1 aliphatic heterocycles. The van der Waals surface area contributed by atoms with Crippen molar-refractivity contribution in [2.75, 3.05) is 13.1 Å². The van der Waals surface area contributed by atoms with Gasteiger partial charge in [0, 0.05) is 44.6 Å². The summed E-state index contributed by atoms with van der Waals surface area (Å²) in [5, 5.41) is 3.24. The second-order valence-electron chi connectivity index (χ2n) is 6.32. The van der Waals surface area contributed by atoms with Gasteiger partial charge < -0.3 is 9.88 Å². The standard InChI is InChI=1S/C15H27N3O2S/c1-12(2)21(19,20)18-9-7-15(13(3)11-18)16-10-14-6-5-8-17(14)4/h5-6,8,12-13,15-16H,7,9-11H2,1-4H3/t13-,15-/m1/s1. The smallest absolute Gasteiger partial charge is 0.216 e. The van der Waals surface area contributed by atoms with Gasteiger partial charge in [0.2, 0.25) is 10.0 Å². The number of sulfonamides is 1. The van der Waals surface area contributed by atoms with E-state index in [-0.39, 0.29) is 5.25 Å². The SMILES string of the molecule is CC(C)S(=O)(=O)N1CC[C@@H](NCc2cccn2C)[C@H](C)C1. The van der Waals surface area contributed by atoms with Crippen molar-refractivity contribution < 1.29 is 8.42 Å². The molecule has 1 aromatic heterocycles. The van der Waals surface area contributed by atoms with Gasteiger partial charge in [0.15, 0.2) is 0 Å². The van der Waals surface area contributed by atoms with E-state index >= 15 is 0 Å². The van der Waals surface area contributed by atoms with E-state index in [2.05, 4.69) is 22.9 Å². The fraction of sp³-hybridized carbons (Fsp3) is 0.733. The van der Waals surface area contributed by atoms with Crippen LogP contribution in [0.3, 0.4) is 0 Å². The maximum atomic E-state index is 12.2. The van der Waals surface area contributed by atoms with E-state index in [1.165, 1.54) is 5.69 Å². The largest absolute Gasteiger partial charge is 0.353 e. The Hall–Kier alpha value is -0.850. The molecule has 5 nitrogen and oxygen atoms in total. The van der Waals surface area contributed by atoms with Gasteiger partial charge in [-0.25, -0.2) is 12.7 Å². The average molecular weight is 313 g/mol. The molecule has 0 unspecified atom stereocenters. The lowest BCUT2D eigenvalue weighted by Gasteiger charge is -2.37. The van der Waals surface area contributed by atoms with Crippen LogP contribution in [0.15, 0.2) is 18.3 Å². The van der Waals surface area contributed by atoms with E-state index in [0.29, 0.717) is 25.0 Å². The maximum Gasteiger partial charge on any atom is 0.216 e. The number of hydrogen-bond donors (Lipinski definition) is 1. The van der Waals surface area contributed by atoms with Gasteiger partial charge in [-0.1, -0.05) is 6.92 Å². The summed E-state index contributed by atoms with van der Waals surface area (Å²) in [5.41, 5.74) is 1.25. The minimum absolute atomic E-state index is 0.326. The van der Waals surface area contributed by atoms with E-state index in [1.54, 1.807) is 18.2 Å². The summed E-state index contributed by atoms with van der Waals surface area (Å²) in [6.07, 6.45) is 2.91. The minimum Gasteiger partial charge on any atom is -0.353 e. The molecule has 0 radical (unpaired) electrons. The van der Waals surface area contributed by atoms with Gasteiger partial charge in [0.1, 0.15) is 0 Å². The number of piperidine rings is 1. The Balaban J connectivity index is 1.91. The summed E-state index contributed by atoms with van der Waals surface area (Å²) in [6, 6.07) is 4.52. The summed E-state index contributed by atoms with van der Waals surface area (Å²) in [6.45, 7) is 7.70. The monoisotopic (exact) mass is 313 g/mol. The highest BCUT2D eigenvalue weighted by Crippen LogP contribution is 2.22. The van der Waals surface area contributed by atoms with Crippen molar-refractivity contribution in [3.8, 4) is 0 Å². The predicted molar refractivity (Wildman–Crippen MR) is 85.5 cm³/mol. The van der Waals surface area contributed by atoms with Crippen molar-refractivity contribution in [3.63, 3.8) is 0 Å². The highest BCUT2D eigenvalue weighted by atomic mass is 32.2. The fourth-order valence-corrected chi connectivity index (χ4v) is 4.25. The molecule has 1 N–H and O–H groups in total. The topological polar surface area (TPSA) is 54.3 Å². The van der Waals surface area contributed by atoms with Crippen LogP contribution >= 0.6 is 0 Å². The molecule has 2 rings (SSSR count). The Morgan fingerprint density at radius 1 is 1.43 bits per heavy atom. The van der Waals surface area contributed by atoms with Crippen molar-refractivity contribution in [3.05, 3.63) is 24.0 Å².